The summed E-state index contributed by atoms with van der Waals surface area (Å²) >= 11 is 0. The highest BCUT2D eigenvalue weighted by Crippen LogP contribution is 2.45. The second-order valence-electron chi connectivity index (χ2n) is 15.0. The van der Waals surface area contributed by atoms with Crippen molar-refractivity contribution in [1.82, 2.24) is 10.2 Å². The molecule has 9 heteroatoms. The van der Waals surface area contributed by atoms with Crippen LogP contribution in [0, 0.1) is 11.8 Å². The minimum absolute atomic E-state index is 0.0934. The predicted octanol–water partition coefficient (Wildman–Crippen LogP) is 9.68. The minimum Gasteiger partial charge on any atom is -0.465 e. The van der Waals surface area contributed by atoms with Crippen LogP contribution < -0.4 is 16.0 Å². The number of benzene rings is 5. The molecule has 290 valence electrons. The fourth-order valence-electron chi connectivity index (χ4n) is 8.23. The first-order valence-corrected chi connectivity index (χ1v) is 19.7. The summed E-state index contributed by atoms with van der Waals surface area (Å²) in [6, 6.07) is 38.2. The maximum atomic E-state index is 13.8. The maximum absolute atomic E-state index is 13.8. The molecule has 0 saturated carbocycles. The lowest BCUT2D eigenvalue weighted by Crippen LogP contribution is -2.44. The predicted molar refractivity (Wildman–Crippen MR) is 226 cm³/mol. The number of nitrogens with zero attached hydrogens (tertiary/aromatic N) is 1. The van der Waals surface area contributed by atoms with E-state index in [1.54, 1.807) is 12.1 Å². The van der Waals surface area contributed by atoms with Crippen LogP contribution in [0.2, 0.25) is 0 Å². The van der Waals surface area contributed by atoms with Gasteiger partial charge in [-0.1, -0.05) is 137 Å². The topological polar surface area (TPSA) is 128 Å². The van der Waals surface area contributed by atoms with E-state index in [1.165, 1.54) is 4.90 Å². The summed E-state index contributed by atoms with van der Waals surface area (Å²) in [4.78, 5) is 54.6. The van der Waals surface area contributed by atoms with Crippen molar-refractivity contribution < 1.29 is 24.3 Å². The lowest BCUT2D eigenvalue weighted by Gasteiger charge is -2.32. The van der Waals surface area contributed by atoms with Crippen molar-refractivity contribution in [2.24, 2.45) is 11.8 Å². The SMILES string of the molecule is CCC(CC(=O)Nc1ccccc1-c1ccccc1NC(=O)C=C1c2ccccc2C(=O)NC1C(C)CC)CN(CC1c2ccccc2-c2ccccc21)C(=O)O. The first-order valence-electron chi connectivity index (χ1n) is 19.7. The number of fused-ring (bicyclic) bond motifs is 4. The maximum Gasteiger partial charge on any atom is 0.407 e. The van der Waals surface area contributed by atoms with E-state index in [-0.39, 0.29) is 54.5 Å². The number of amides is 4. The molecule has 0 fully saturated rings. The monoisotopic (exact) mass is 760 g/mol. The molecule has 4 N–H and O–H groups in total. The van der Waals surface area contributed by atoms with Crippen LogP contribution >= 0.6 is 0 Å². The zero-order chi connectivity index (χ0) is 40.1. The Bertz CT molecular complexity index is 2310. The number of para-hydroxylation sites is 2. The number of nitrogens with one attached hydrogen (secondary N) is 3. The number of carbonyl (C=O) groups is 4. The van der Waals surface area contributed by atoms with Crippen LogP contribution in [-0.2, 0) is 9.59 Å². The van der Waals surface area contributed by atoms with Gasteiger partial charge < -0.3 is 26.0 Å². The Kier molecular flexibility index (Phi) is 11.6. The second-order valence-corrected chi connectivity index (χ2v) is 15.0. The van der Waals surface area contributed by atoms with E-state index in [4.69, 9.17) is 0 Å². The minimum atomic E-state index is -1.01. The van der Waals surface area contributed by atoms with Crippen molar-refractivity contribution in [3.05, 3.63) is 150 Å². The van der Waals surface area contributed by atoms with Crippen molar-refractivity contribution in [3.8, 4) is 22.3 Å². The third-order valence-electron chi connectivity index (χ3n) is 11.4. The highest BCUT2D eigenvalue weighted by molar-refractivity contribution is 6.11. The van der Waals surface area contributed by atoms with Crippen molar-refractivity contribution in [2.75, 3.05) is 23.7 Å². The Morgan fingerprint density at radius 2 is 1.21 bits per heavy atom. The summed E-state index contributed by atoms with van der Waals surface area (Å²) in [6.45, 7) is 6.61. The van der Waals surface area contributed by atoms with E-state index in [9.17, 15) is 24.3 Å². The van der Waals surface area contributed by atoms with Gasteiger partial charge in [0.25, 0.3) is 5.91 Å². The Morgan fingerprint density at radius 1 is 0.702 bits per heavy atom. The third kappa shape index (κ3) is 8.24. The standard InChI is InChI=1S/C48H48N4O5/c1-4-30(3)46-40(36-20-10-11-23-39(36)47(55)51-46)27-45(54)50-43-25-15-13-22-38(43)37-21-12-14-24-42(37)49-44(53)26-31(5-2)28-52(48(56)57)29-41-34-18-8-6-16-32(34)33-17-7-9-19-35(33)41/h6-25,27,30-31,41,46H,4-5,26,28-29H2,1-3H3,(H,49,53)(H,50,54)(H,51,55)(H,56,57). The number of hydrogen-bond acceptors (Lipinski definition) is 4. The smallest absolute Gasteiger partial charge is 0.407 e. The lowest BCUT2D eigenvalue weighted by atomic mass is 9.82. The van der Waals surface area contributed by atoms with Crippen LogP contribution in [0.15, 0.2) is 127 Å². The van der Waals surface area contributed by atoms with Gasteiger partial charge in [-0.3, -0.25) is 14.4 Å². The summed E-state index contributed by atoms with van der Waals surface area (Å²) in [5.74, 6) is -0.916. The zero-order valence-corrected chi connectivity index (χ0v) is 32.5. The quantitative estimate of drug-likeness (QED) is 0.0889. The van der Waals surface area contributed by atoms with Crippen molar-refractivity contribution >= 4 is 40.8 Å². The van der Waals surface area contributed by atoms with Crippen LogP contribution in [-0.4, -0.2) is 53.0 Å². The molecule has 2 aliphatic rings. The number of rotatable bonds is 13. The average Bonchev–Trinajstić information content (AvgIpc) is 3.54. The van der Waals surface area contributed by atoms with E-state index in [0.717, 1.165) is 50.9 Å². The molecule has 0 aromatic heterocycles. The van der Waals surface area contributed by atoms with Gasteiger partial charge in [0, 0.05) is 59.6 Å². The van der Waals surface area contributed by atoms with Crippen LogP contribution in [0.1, 0.15) is 73.0 Å². The number of carbonyl (C=O) groups excluding carboxylic acids is 3. The summed E-state index contributed by atoms with van der Waals surface area (Å²) in [6.07, 6.45) is 2.14. The Morgan fingerprint density at radius 3 is 1.77 bits per heavy atom. The molecule has 3 unspecified atom stereocenters. The van der Waals surface area contributed by atoms with E-state index in [2.05, 4.69) is 54.1 Å². The first-order chi connectivity index (χ1) is 27.7. The molecular weight excluding hydrogens is 713 g/mol. The first kappa shape index (κ1) is 38.8. The molecule has 0 radical (unpaired) electrons. The van der Waals surface area contributed by atoms with Crippen molar-refractivity contribution in [1.29, 1.82) is 0 Å². The Hall–Kier alpha value is -6.48. The molecule has 7 rings (SSSR count). The molecule has 0 saturated heterocycles. The normalized spacial score (nSPS) is 16.1. The molecule has 1 aliphatic carbocycles. The number of hydrogen-bond donors (Lipinski definition) is 4. The molecule has 0 spiro atoms. The van der Waals surface area contributed by atoms with E-state index in [1.807, 2.05) is 97.9 Å². The molecule has 5 aromatic carbocycles. The van der Waals surface area contributed by atoms with Gasteiger partial charge in [-0.15, -0.1) is 0 Å². The van der Waals surface area contributed by atoms with Gasteiger partial charge in [-0.05, 0) is 63.4 Å². The molecule has 57 heavy (non-hydrogen) atoms. The van der Waals surface area contributed by atoms with Crippen LogP contribution in [0.4, 0.5) is 16.2 Å². The average molecular weight is 761 g/mol. The zero-order valence-electron chi connectivity index (χ0n) is 32.5. The molecule has 1 aliphatic heterocycles. The summed E-state index contributed by atoms with van der Waals surface area (Å²) in [7, 11) is 0. The second kappa shape index (κ2) is 17.1. The molecular formula is C48H48N4O5. The van der Waals surface area contributed by atoms with Gasteiger partial charge in [0.15, 0.2) is 0 Å². The van der Waals surface area contributed by atoms with Gasteiger partial charge in [-0.2, -0.15) is 0 Å². The van der Waals surface area contributed by atoms with E-state index >= 15 is 0 Å². The van der Waals surface area contributed by atoms with Gasteiger partial charge in [-0.25, -0.2) is 4.79 Å². The Labute approximate surface area is 333 Å². The van der Waals surface area contributed by atoms with Gasteiger partial charge in [0.2, 0.25) is 11.8 Å². The van der Waals surface area contributed by atoms with Crippen LogP contribution in [0.3, 0.4) is 0 Å². The highest BCUT2D eigenvalue weighted by Gasteiger charge is 2.33. The molecule has 3 atom stereocenters. The Balaban J connectivity index is 1.07. The molecule has 1 heterocycles. The third-order valence-corrected chi connectivity index (χ3v) is 11.4. The fraction of sp³-hybridized carbons (Fsp3) is 0.250. The van der Waals surface area contributed by atoms with E-state index in [0.29, 0.717) is 29.9 Å². The molecule has 0 bridgehead atoms. The molecule has 5 aromatic rings. The fourth-order valence-corrected chi connectivity index (χ4v) is 8.23. The largest absolute Gasteiger partial charge is 0.465 e. The summed E-state index contributed by atoms with van der Waals surface area (Å²) < 4.78 is 0. The highest BCUT2D eigenvalue weighted by atomic mass is 16.4. The number of carboxylic acid groups (broad SMARTS) is 1. The van der Waals surface area contributed by atoms with Gasteiger partial charge in [0.1, 0.15) is 0 Å². The van der Waals surface area contributed by atoms with Crippen molar-refractivity contribution in [3.63, 3.8) is 0 Å². The van der Waals surface area contributed by atoms with Crippen molar-refractivity contribution in [2.45, 2.75) is 52.0 Å². The number of anilines is 2. The van der Waals surface area contributed by atoms with Crippen LogP contribution in [0.25, 0.3) is 27.8 Å². The summed E-state index contributed by atoms with van der Waals surface area (Å²) in [5.41, 5.74) is 9.11. The molecule has 9 nitrogen and oxygen atoms in total. The van der Waals surface area contributed by atoms with Gasteiger partial charge in [0.05, 0.1) is 6.04 Å². The van der Waals surface area contributed by atoms with Crippen LogP contribution in [0.5, 0.6) is 0 Å². The lowest BCUT2D eigenvalue weighted by molar-refractivity contribution is -0.117. The van der Waals surface area contributed by atoms with E-state index < -0.39 is 6.09 Å². The summed E-state index contributed by atoms with van der Waals surface area (Å²) in [5, 5.41) is 19.6. The molecule has 4 amide bonds. The van der Waals surface area contributed by atoms with Gasteiger partial charge >= 0.3 is 6.09 Å².